The number of primary amides is 1. The smallest absolute Gasteiger partial charge is 0.237 e. The third kappa shape index (κ3) is 1.81. The molecule has 86 valence electrons. The molecule has 2 rings (SSSR count). The Morgan fingerprint density at radius 3 is 2.62 bits per heavy atom. The Hall–Kier alpha value is -1.39. The molecule has 0 radical (unpaired) electrons. The van der Waals surface area contributed by atoms with Crippen LogP contribution in [0.3, 0.4) is 0 Å². The maximum absolute atomic E-state index is 11.2. The third-order valence-corrected chi connectivity index (χ3v) is 3.08. The first-order chi connectivity index (χ1) is 7.53. The lowest BCUT2D eigenvalue weighted by molar-refractivity contribution is -0.188. The molecule has 0 aliphatic carbocycles. The van der Waals surface area contributed by atoms with Gasteiger partial charge in [-0.2, -0.15) is 5.06 Å². The summed E-state index contributed by atoms with van der Waals surface area (Å²) in [5.41, 5.74) is 5.92. The highest BCUT2D eigenvalue weighted by Gasteiger charge is 2.44. The van der Waals surface area contributed by atoms with Crippen molar-refractivity contribution in [3.8, 4) is 0 Å². The fourth-order valence-electron chi connectivity index (χ4n) is 2.16. The van der Waals surface area contributed by atoms with Crippen LogP contribution < -0.4 is 5.73 Å². The van der Waals surface area contributed by atoms with Gasteiger partial charge in [0.05, 0.1) is 0 Å². The van der Waals surface area contributed by atoms with Crippen molar-refractivity contribution >= 4 is 5.91 Å². The second-order valence-electron chi connectivity index (χ2n) is 4.36. The summed E-state index contributed by atoms with van der Waals surface area (Å²) in [7, 11) is 1.74. The van der Waals surface area contributed by atoms with Crippen molar-refractivity contribution in [2.45, 2.75) is 25.0 Å². The highest BCUT2D eigenvalue weighted by Crippen LogP contribution is 2.38. The van der Waals surface area contributed by atoms with Crippen LogP contribution in [0.2, 0.25) is 0 Å². The molecule has 1 aliphatic heterocycles. The van der Waals surface area contributed by atoms with Crippen molar-refractivity contribution in [2.24, 2.45) is 5.73 Å². The fraction of sp³-hybridized carbons (Fsp3) is 0.417. The van der Waals surface area contributed by atoms with Gasteiger partial charge in [0.2, 0.25) is 5.91 Å². The first-order valence-electron chi connectivity index (χ1n) is 5.30. The summed E-state index contributed by atoms with van der Waals surface area (Å²) in [6, 6.07) is 9.51. The zero-order valence-electron chi connectivity index (χ0n) is 9.51. The standard InChI is InChI=1S/C12H16N2O2/c1-12(9-6-4-3-5-7-9)8-10(11(13)15)14(2)16-12/h3-7,10H,8H2,1-2H3,(H2,13,15)/t10-,12+/m0/s1. The monoisotopic (exact) mass is 220 g/mol. The number of carbonyl (C=O) groups is 1. The average molecular weight is 220 g/mol. The summed E-state index contributed by atoms with van der Waals surface area (Å²) < 4.78 is 0. The first kappa shape index (κ1) is 11.1. The second-order valence-corrected chi connectivity index (χ2v) is 4.36. The van der Waals surface area contributed by atoms with Gasteiger partial charge in [-0.05, 0) is 12.5 Å². The molecule has 0 spiro atoms. The Kier molecular flexibility index (Phi) is 2.69. The minimum atomic E-state index is -0.463. The summed E-state index contributed by atoms with van der Waals surface area (Å²) in [6.07, 6.45) is 0.586. The molecule has 4 heteroatoms. The van der Waals surface area contributed by atoms with Gasteiger partial charge in [0.25, 0.3) is 0 Å². The quantitative estimate of drug-likeness (QED) is 0.809. The minimum Gasteiger partial charge on any atom is -0.368 e. The Labute approximate surface area is 94.9 Å². The lowest BCUT2D eigenvalue weighted by Crippen LogP contribution is -2.37. The van der Waals surface area contributed by atoms with Gasteiger partial charge >= 0.3 is 0 Å². The summed E-state index contributed by atoms with van der Waals surface area (Å²) in [5.74, 6) is -0.345. The highest BCUT2D eigenvalue weighted by molar-refractivity contribution is 5.80. The van der Waals surface area contributed by atoms with Crippen LogP contribution >= 0.6 is 0 Å². The van der Waals surface area contributed by atoms with E-state index in [-0.39, 0.29) is 11.9 Å². The number of benzene rings is 1. The maximum Gasteiger partial charge on any atom is 0.237 e. The number of hydrogen-bond acceptors (Lipinski definition) is 3. The van der Waals surface area contributed by atoms with E-state index in [2.05, 4.69) is 0 Å². The molecule has 0 unspecified atom stereocenters. The topological polar surface area (TPSA) is 55.6 Å². The Morgan fingerprint density at radius 2 is 2.12 bits per heavy atom. The van der Waals surface area contributed by atoms with E-state index in [1.165, 1.54) is 0 Å². The zero-order chi connectivity index (χ0) is 11.8. The van der Waals surface area contributed by atoms with E-state index in [0.717, 1.165) is 5.56 Å². The summed E-state index contributed by atoms with van der Waals surface area (Å²) in [6.45, 7) is 1.97. The van der Waals surface area contributed by atoms with E-state index < -0.39 is 5.60 Å². The normalized spacial score (nSPS) is 30.5. The van der Waals surface area contributed by atoms with Gasteiger partial charge < -0.3 is 5.73 Å². The predicted molar refractivity (Wildman–Crippen MR) is 60.2 cm³/mol. The van der Waals surface area contributed by atoms with Crippen LogP contribution in [0.4, 0.5) is 0 Å². The van der Waals surface area contributed by atoms with E-state index in [9.17, 15) is 4.79 Å². The van der Waals surface area contributed by atoms with Crippen molar-refractivity contribution in [1.82, 2.24) is 5.06 Å². The molecular weight excluding hydrogens is 204 g/mol. The van der Waals surface area contributed by atoms with E-state index >= 15 is 0 Å². The number of amides is 1. The number of carbonyl (C=O) groups excluding carboxylic acids is 1. The Balaban J connectivity index is 2.26. The molecule has 1 fully saturated rings. The van der Waals surface area contributed by atoms with Crippen LogP contribution in [-0.4, -0.2) is 24.1 Å². The predicted octanol–water partition coefficient (Wildman–Crippen LogP) is 1.02. The van der Waals surface area contributed by atoms with E-state index in [1.807, 2.05) is 37.3 Å². The van der Waals surface area contributed by atoms with Crippen LogP contribution in [0, 0.1) is 0 Å². The van der Waals surface area contributed by atoms with E-state index in [1.54, 1.807) is 12.1 Å². The molecule has 1 aromatic carbocycles. The molecule has 0 saturated carbocycles. The van der Waals surface area contributed by atoms with E-state index in [4.69, 9.17) is 10.6 Å². The van der Waals surface area contributed by atoms with Gasteiger partial charge in [0.15, 0.2) is 0 Å². The van der Waals surface area contributed by atoms with Gasteiger partial charge in [-0.25, -0.2) is 0 Å². The lowest BCUT2D eigenvalue weighted by atomic mass is 9.90. The minimum absolute atomic E-state index is 0.345. The molecular formula is C12H16N2O2. The molecule has 1 aromatic rings. The van der Waals surface area contributed by atoms with Crippen molar-refractivity contribution in [1.29, 1.82) is 0 Å². The molecule has 2 atom stereocenters. The third-order valence-electron chi connectivity index (χ3n) is 3.08. The summed E-state index contributed by atoms with van der Waals surface area (Å²) in [5, 5.41) is 1.55. The SMILES string of the molecule is CN1O[C@@](C)(c2ccccc2)C[C@H]1C(N)=O. The Bertz CT molecular complexity index is 393. The van der Waals surface area contributed by atoms with Crippen LogP contribution in [0.5, 0.6) is 0 Å². The van der Waals surface area contributed by atoms with Crippen LogP contribution in [0.1, 0.15) is 18.9 Å². The van der Waals surface area contributed by atoms with Gasteiger partial charge in [-0.15, -0.1) is 0 Å². The molecule has 1 heterocycles. The summed E-state index contributed by atoms with van der Waals surface area (Å²) >= 11 is 0. The molecule has 1 amide bonds. The highest BCUT2D eigenvalue weighted by atomic mass is 16.7. The maximum atomic E-state index is 11.2. The molecule has 4 nitrogen and oxygen atoms in total. The first-order valence-corrected chi connectivity index (χ1v) is 5.30. The van der Waals surface area contributed by atoms with Crippen molar-refractivity contribution < 1.29 is 9.63 Å². The van der Waals surface area contributed by atoms with Gasteiger partial charge in [0, 0.05) is 13.5 Å². The Morgan fingerprint density at radius 1 is 1.50 bits per heavy atom. The van der Waals surface area contributed by atoms with Crippen molar-refractivity contribution in [3.63, 3.8) is 0 Å². The van der Waals surface area contributed by atoms with Crippen LogP contribution in [0.15, 0.2) is 30.3 Å². The van der Waals surface area contributed by atoms with Gasteiger partial charge in [-0.1, -0.05) is 30.3 Å². The van der Waals surface area contributed by atoms with Crippen molar-refractivity contribution in [3.05, 3.63) is 35.9 Å². The average Bonchev–Trinajstić information content (AvgIpc) is 2.57. The summed E-state index contributed by atoms with van der Waals surface area (Å²) in [4.78, 5) is 17.0. The molecule has 16 heavy (non-hydrogen) atoms. The molecule has 2 N–H and O–H groups in total. The molecule has 1 aliphatic rings. The molecule has 1 saturated heterocycles. The second kappa shape index (κ2) is 3.88. The zero-order valence-corrected chi connectivity index (χ0v) is 9.51. The molecule has 0 bridgehead atoms. The van der Waals surface area contributed by atoms with E-state index in [0.29, 0.717) is 6.42 Å². The van der Waals surface area contributed by atoms with Crippen molar-refractivity contribution in [2.75, 3.05) is 7.05 Å². The number of hydrogen-bond donors (Lipinski definition) is 1. The number of likely N-dealkylation sites (N-methyl/N-ethyl adjacent to an activating group) is 1. The van der Waals surface area contributed by atoms with Gasteiger partial charge in [-0.3, -0.25) is 9.63 Å². The lowest BCUT2D eigenvalue weighted by Gasteiger charge is -2.23. The number of nitrogens with zero attached hydrogens (tertiary/aromatic N) is 1. The van der Waals surface area contributed by atoms with Crippen LogP contribution in [-0.2, 0) is 15.2 Å². The number of hydroxylamine groups is 2. The fourth-order valence-corrected chi connectivity index (χ4v) is 2.16. The molecule has 0 aromatic heterocycles. The largest absolute Gasteiger partial charge is 0.368 e. The number of nitrogens with two attached hydrogens (primary N) is 1. The van der Waals surface area contributed by atoms with Gasteiger partial charge in [0.1, 0.15) is 11.6 Å². The number of rotatable bonds is 2. The van der Waals surface area contributed by atoms with Crippen LogP contribution in [0.25, 0.3) is 0 Å².